The first-order valence-corrected chi connectivity index (χ1v) is 16.1. The lowest BCUT2D eigenvalue weighted by atomic mass is 9.98. The number of imidazole rings is 1. The van der Waals surface area contributed by atoms with Crippen molar-refractivity contribution in [3.63, 3.8) is 0 Å². The molecule has 0 N–H and O–H groups in total. The van der Waals surface area contributed by atoms with Crippen LogP contribution in [-0.2, 0) is 17.9 Å². The number of aryl methyl sites for hydroxylation is 1. The zero-order valence-electron chi connectivity index (χ0n) is 21.0. The molecule has 1 aliphatic carbocycles. The lowest BCUT2D eigenvalue weighted by Crippen LogP contribution is -2.40. The van der Waals surface area contributed by atoms with Crippen LogP contribution >= 0.6 is 0 Å². The van der Waals surface area contributed by atoms with Gasteiger partial charge in [-0.3, -0.25) is 14.3 Å². The number of rotatable bonds is 7. The molecule has 5 rings (SSSR count). The van der Waals surface area contributed by atoms with Crippen LogP contribution in [0.1, 0.15) is 64.7 Å². The Labute approximate surface area is 202 Å². The monoisotopic (exact) mass is 477 g/mol. The Hall–Kier alpha value is -2.58. The molecule has 2 aliphatic rings. The number of carbonyl (C=O) groups is 1. The maximum Gasteiger partial charge on any atom is 0.290 e. The third-order valence-corrected chi connectivity index (χ3v) is 8.89. The highest BCUT2D eigenvalue weighted by molar-refractivity contribution is 6.76. The van der Waals surface area contributed by atoms with Gasteiger partial charge < -0.3 is 9.64 Å². The van der Waals surface area contributed by atoms with E-state index >= 15 is 0 Å². The van der Waals surface area contributed by atoms with E-state index in [-0.39, 0.29) is 11.9 Å². The summed E-state index contributed by atoms with van der Waals surface area (Å²) < 4.78 is 8.12. The summed E-state index contributed by atoms with van der Waals surface area (Å²) in [5.41, 5.74) is 6.21. The van der Waals surface area contributed by atoms with Crippen LogP contribution in [-0.4, -0.2) is 51.6 Å². The number of carbonyl (C=O) groups excluding carboxylic acids is 1. The van der Waals surface area contributed by atoms with E-state index in [0.717, 1.165) is 29.2 Å². The third-order valence-electron chi connectivity index (χ3n) is 7.18. The van der Waals surface area contributed by atoms with Gasteiger partial charge in [0.2, 0.25) is 5.82 Å². The van der Waals surface area contributed by atoms with Gasteiger partial charge in [0.1, 0.15) is 6.73 Å². The molecular formula is C26H35N5O2Si. The minimum atomic E-state index is -1.21. The van der Waals surface area contributed by atoms with E-state index in [4.69, 9.17) is 9.72 Å². The number of aromatic nitrogens is 4. The molecule has 0 saturated heterocycles. The van der Waals surface area contributed by atoms with Crippen LogP contribution in [0.5, 0.6) is 0 Å². The molecule has 1 atom stereocenters. The van der Waals surface area contributed by atoms with Gasteiger partial charge in [-0.05, 0) is 61.4 Å². The van der Waals surface area contributed by atoms with E-state index in [1.807, 2.05) is 27.9 Å². The highest BCUT2D eigenvalue weighted by atomic mass is 28.3. The van der Waals surface area contributed by atoms with Crippen molar-refractivity contribution in [1.29, 1.82) is 0 Å². The Morgan fingerprint density at radius 2 is 2.00 bits per heavy atom. The summed E-state index contributed by atoms with van der Waals surface area (Å²) in [6.07, 6.45) is 6.95. The van der Waals surface area contributed by atoms with Gasteiger partial charge in [-0.25, -0.2) is 9.97 Å². The number of hydrogen-bond donors (Lipinski definition) is 0. The molecule has 4 heterocycles. The Balaban J connectivity index is 1.50. The number of nitrogens with zero attached hydrogens (tertiary/aromatic N) is 5. The quantitative estimate of drug-likeness (QED) is 0.350. The topological polar surface area (TPSA) is 73.1 Å². The molecule has 3 aromatic heterocycles. The van der Waals surface area contributed by atoms with E-state index in [9.17, 15) is 4.79 Å². The predicted octanol–water partition coefficient (Wildman–Crippen LogP) is 5.08. The molecule has 1 amide bonds. The molecule has 8 heteroatoms. The van der Waals surface area contributed by atoms with Crippen molar-refractivity contribution in [2.75, 3.05) is 13.2 Å². The van der Waals surface area contributed by atoms with E-state index in [1.54, 1.807) is 0 Å². The maximum absolute atomic E-state index is 13.9. The van der Waals surface area contributed by atoms with Crippen LogP contribution in [0.3, 0.4) is 0 Å². The summed E-state index contributed by atoms with van der Waals surface area (Å²) in [7, 11) is -1.21. The second kappa shape index (κ2) is 8.89. The van der Waals surface area contributed by atoms with Gasteiger partial charge in [-0.2, -0.15) is 0 Å². The van der Waals surface area contributed by atoms with Crippen molar-refractivity contribution in [1.82, 2.24) is 24.4 Å². The fraction of sp³-hybridized carbons (Fsp3) is 0.538. The Morgan fingerprint density at radius 3 is 2.74 bits per heavy atom. The Kier molecular flexibility index (Phi) is 6.06. The number of pyridine rings is 2. The highest BCUT2D eigenvalue weighted by Gasteiger charge is 2.33. The van der Waals surface area contributed by atoms with Crippen LogP contribution in [0, 0.1) is 6.92 Å². The van der Waals surface area contributed by atoms with Crippen molar-refractivity contribution >= 4 is 25.1 Å². The van der Waals surface area contributed by atoms with Crippen LogP contribution in [0.25, 0.3) is 11.2 Å². The molecule has 1 saturated carbocycles. The molecule has 3 aromatic rings. The number of ether oxygens (including phenoxy) is 1. The number of amides is 1. The largest absolute Gasteiger partial charge is 0.361 e. The van der Waals surface area contributed by atoms with Crippen LogP contribution in [0.15, 0.2) is 24.5 Å². The summed E-state index contributed by atoms with van der Waals surface area (Å²) in [6.45, 7) is 12.9. The first-order valence-electron chi connectivity index (χ1n) is 12.4. The lowest BCUT2D eigenvalue weighted by Gasteiger charge is -2.34. The van der Waals surface area contributed by atoms with Gasteiger partial charge in [0.05, 0.1) is 11.6 Å². The van der Waals surface area contributed by atoms with Crippen molar-refractivity contribution in [2.45, 2.75) is 77.5 Å². The standard InChI is InChI=1S/C26H35N5O2Si/c1-17-21(19-8-9-19)15-28-24-23(17)31(16-33-13-14-34(3,4)5)25(29-24)26(32)30-12-10-22-20(18(30)2)7-6-11-27-22/h6-7,11,15,18-19H,8-10,12-14,16H2,1-5H3/t18-/m1/s1. The van der Waals surface area contributed by atoms with Crippen molar-refractivity contribution in [3.05, 3.63) is 52.7 Å². The van der Waals surface area contributed by atoms with E-state index < -0.39 is 8.07 Å². The maximum atomic E-state index is 13.9. The minimum Gasteiger partial charge on any atom is -0.361 e. The molecule has 0 spiro atoms. The fourth-order valence-corrected chi connectivity index (χ4v) is 5.68. The molecular weight excluding hydrogens is 442 g/mol. The summed E-state index contributed by atoms with van der Waals surface area (Å²) in [5.74, 6) is 0.935. The second-order valence-corrected chi connectivity index (χ2v) is 16.6. The van der Waals surface area contributed by atoms with Crippen LogP contribution in [0.4, 0.5) is 0 Å². The summed E-state index contributed by atoms with van der Waals surface area (Å²) >= 11 is 0. The molecule has 1 fully saturated rings. The molecule has 0 bridgehead atoms. The molecule has 0 aromatic carbocycles. The fourth-order valence-electron chi connectivity index (χ4n) is 4.93. The Morgan fingerprint density at radius 1 is 1.21 bits per heavy atom. The average molecular weight is 478 g/mol. The number of hydrogen-bond acceptors (Lipinski definition) is 5. The molecule has 7 nitrogen and oxygen atoms in total. The van der Waals surface area contributed by atoms with Crippen molar-refractivity contribution < 1.29 is 9.53 Å². The van der Waals surface area contributed by atoms with Gasteiger partial charge in [0.25, 0.3) is 5.91 Å². The Bertz CT molecular complexity index is 1230. The summed E-state index contributed by atoms with van der Waals surface area (Å²) in [4.78, 5) is 29.8. The van der Waals surface area contributed by atoms with Gasteiger partial charge in [0, 0.05) is 45.7 Å². The lowest BCUT2D eigenvalue weighted by molar-refractivity contribution is 0.0606. The van der Waals surface area contributed by atoms with E-state index in [1.165, 1.54) is 24.0 Å². The van der Waals surface area contributed by atoms with Gasteiger partial charge in [0.15, 0.2) is 5.65 Å². The minimum absolute atomic E-state index is 0.0536. The number of fused-ring (bicyclic) bond motifs is 2. The summed E-state index contributed by atoms with van der Waals surface area (Å²) in [5, 5.41) is 0. The molecule has 0 unspecified atom stereocenters. The van der Waals surface area contributed by atoms with Gasteiger partial charge in [-0.1, -0.05) is 25.7 Å². The van der Waals surface area contributed by atoms with Gasteiger partial charge in [-0.15, -0.1) is 0 Å². The van der Waals surface area contributed by atoms with Crippen LogP contribution in [0.2, 0.25) is 25.7 Å². The van der Waals surface area contributed by atoms with Crippen molar-refractivity contribution in [3.8, 4) is 0 Å². The average Bonchev–Trinajstić information content (AvgIpc) is 3.57. The SMILES string of the molecule is Cc1c(C2CC2)cnc2nc(C(=O)N3CCc4ncccc4[C@H]3C)n(COCC[Si](C)(C)C)c12. The van der Waals surface area contributed by atoms with Gasteiger partial charge >= 0.3 is 0 Å². The normalized spacial score (nSPS) is 18.4. The summed E-state index contributed by atoms with van der Waals surface area (Å²) in [6, 6.07) is 5.04. The van der Waals surface area contributed by atoms with E-state index in [0.29, 0.717) is 37.3 Å². The molecule has 1 aliphatic heterocycles. The van der Waals surface area contributed by atoms with Crippen LogP contribution < -0.4 is 0 Å². The first-order chi connectivity index (χ1) is 16.2. The first kappa shape index (κ1) is 23.2. The third kappa shape index (κ3) is 4.41. The molecule has 180 valence electrons. The molecule has 0 radical (unpaired) electrons. The molecule has 34 heavy (non-hydrogen) atoms. The second-order valence-electron chi connectivity index (χ2n) is 11.0. The van der Waals surface area contributed by atoms with E-state index in [2.05, 4.69) is 49.5 Å². The highest BCUT2D eigenvalue weighted by Crippen LogP contribution is 2.42. The zero-order chi connectivity index (χ0) is 24.0. The smallest absolute Gasteiger partial charge is 0.290 e. The zero-order valence-corrected chi connectivity index (χ0v) is 22.0. The van der Waals surface area contributed by atoms with Crippen molar-refractivity contribution in [2.24, 2.45) is 0 Å². The predicted molar refractivity (Wildman–Crippen MR) is 136 cm³/mol.